The van der Waals surface area contributed by atoms with Crippen molar-refractivity contribution in [2.24, 2.45) is 0 Å². The van der Waals surface area contributed by atoms with E-state index in [0.29, 0.717) is 5.56 Å². The van der Waals surface area contributed by atoms with E-state index >= 15 is 0 Å². The summed E-state index contributed by atoms with van der Waals surface area (Å²) in [5.41, 5.74) is 10.9. The number of hydrogen-bond acceptors (Lipinski definition) is 2. The molecule has 0 amide bonds. The van der Waals surface area contributed by atoms with E-state index in [1.807, 2.05) is 30.3 Å². The quantitative estimate of drug-likeness (QED) is 0.265. The summed E-state index contributed by atoms with van der Waals surface area (Å²) in [5.74, 6) is 0.927. The van der Waals surface area contributed by atoms with Crippen LogP contribution in [0.25, 0.3) is 50.0 Å². The maximum Gasteiger partial charge on any atom is 0.141 e. The molecule has 172 valence electrons. The fraction of sp³-hybridized carbons (Fsp3) is 0.0909. The molecule has 2 heterocycles. The van der Waals surface area contributed by atoms with Gasteiger partial charge in [-0.05, 0) is 72.9 Å². The Morgan fingerprint density at radius 2 is 1.25 bits per heavy atom. The van der Waals surface area contributed by atoms with Crippen LogP contribution in [-0.2, 0) is 0 Å². The van der Waals surface area contributed by atoms with Crippen LogP contribution in [0.15, 0.2) is 97.1 Å². The highest BCUT2D eigenvalue weighted by molar-refractivity contribution is 6.09. The van der Waals surface area contributed by atoms with Gasteiger partial charge in [0.25, 0.3) is 0 Å². The Balaban J connectivity index is 1.58. The van der Waals surface area contributed by atoms with E-state index in [2.05, 4.69) is 98.1 Å². The van der Waals surface area contributed by atoms with Gasteiger partial charge >= 0.3 is 0 Å². The van der Waals surface area contributed by atoms with Gasteiger partial charge < -0.3 is 0 Å². The maximum absolute atomic E-state index is 9.49. The van der Waals surface area contributed by atoms with Gasteiger partial charge in [-0.25, -0.2) is 4.98 Å². The van der Waals surface area contributed by atoms with Crippen LogP contribution in [0.2, 0.25) is 0 Å². The highest BCUT2D eigenvalue weighted by atomic mass is 15.1. The van der Waals surface area contributed by atoms with E-state index in [9.17, 15) is 5.26 Å². The molecule has 0 unspecified atom stereocenters. The standard InChI is InChI=1S/C33H25N3/c1-21-22(2)32(27-16-14-26(15-17-27)25-9-5-4-6-10-25)35-33(23(21)3)36-30-12-8-7-11-28(30)29-19-24(20-34)13-18-31(29)36/h4-19H,1-3H3. The van der Waals surface area contributed by atoms with Crippen LogP contribution >= 0.6 is 0 Å². The lowest BCUT2D eigenvalue weighted by molar-refractivity contribution is 1.03. The zero-order valence-corrected chi connectivity index (χ0v) is 20.6. The highest BCUT2D eigenvalue weighted by Crippen LogP contribution is 2.36. The third-order valence-electron chi connectivity index (χ3n) is 7.31. The summed E-state index contributed by atoms with van der Waals surface area (Å²) in [6.07, 6.45) is 0. The lowest BCUT2D eigenvalue weighted by Crippen LogP contribution is -2.06. The molecule has 0 bridgehead atoms. The van der Waals surface area contributed by atoms with Gasteiger partial charge in [0.05, 0.1) is 28.4 Å². The van der Waals surface area contributed by atoms with Gasteiger partial charge in [-0.1, -0.05) is 72.8 Å². The van der Waals surface area contributed by atoms with Gasteiger partial charge in [0.1, 0.15) is 5.82 Å². The number of fused-ring (bicyclic) bond motifs is 3. The first-order valence-electron chi connectivity index (χ1n) is 12.1. The van der Waals surface area contributed by atoms with Gasteiger partial charge in [0.2, 0.25) is 0 Å². The van der Waals surface area contributed by atoms with Crippen molar-refractivity contribution in [3.63, 3.8) is 0 Å². The molecule has 0 saturated carbocycles. The molecule has 4 aromatic carbocycles. The monoisotopic (exact) mass is 463 g/mol. The molecule has 3 heteroatoms. The summed E-state index contributed by atoms with van der Waals surface area (Å²) in [5, 5.41) is 11.7. The molecule has 0 aliphatic rings. The zero-order chi connectivity index (χ0) is 24.8. The predicted molar refractivity (Wildman–Crippen MR) is 148 cm³/mol. The molecule has 3 nitrogen and oxygen atoms in total. The fourth-order valence-electron chi connectivity index (χ4n) is 5.12. The van der Waals surface area contributed by atoms with Crippen molar-refractivity contribution in [1.29, 1.82) is 5.26 Å². The van der Waals surface area contributed by atoms with E-state index in [4.69, 9.17) is 4.98 Å². The minimum Gasteiger partial charge on any atom is -0.294 e. The second kappa shape index (κ2) is 8.52. The van der Waals surface area contributed by atoms with Gasteiger partial charge in [-0.15, -0.1) is 0 Å². The number of pyridine rings is 1. The van der Waals surface area contributed by atoms with E-state index in [1.165, 1.54) is 22.3 Å². The van der Waals surface area contributed by atoms with Gasteiger partial charge in [0.15, 0.2) is 0 Å². The number of nitriles is 1. The summed E-state index contributed by atoms with van der Waals surface area (Å²) in [6.45, 7) is 6.49. The molecular weight excluding hydrogens is 438 g/mol. The smallest absolute Gasteiger partial charge is 0.141 e. The Bertz CT molecular complexity index is 1800. The first-order chi connectivity index (χ1) is 17.6. The van der Waals surface area contributed by atoms with Crippen LogP contribution in [0.1, 0.15) is 22.3 Å². The third-order valence-corrected chi connectivity index (χ3v) is 7.31. The Morgan fingerprint density at radius 3 is 2.00 bits per heavy atom. The predicted octanol–water partition coefficient (Wildman–Crippen LogP) is 8.31. The topological polar surface area (TPSA) is 41.6 Å². The molecule has 0 N–H and O–H groups in total. The van der Waals surface area contributed by atoms with Crippen molar-refractivity contribution in [3.8, 4) is 34.3 Å². The molecule has 0 radical (unpaired) electrons. The Labute approximate surface area is 210 Å². The van der Waals surface area contributed by atoms with Crippen molar-refractivity contribution >= 4 is 21.8 Å². The molecule has 6 rings (SSSR count). The van der Waals surface area contributed by atoms with Crippen molar-refractivity contribution in [3.05, 3.63) is 119 Å². The average Bonchev–Trinajstić information content (AvgIpc) is 3.26. The molecular formula is C33H25N3. The van der Waals surface area contributed by atoms with Crippen LogP contribution < -0.4 is 0 Å². The lowest BCUT2D eigenvalue weighted by atomic mass is 9.97. The molecule has 6 aromatic rings. The van der Waals surface area contributed by atoms with Crippen molar-refractivity contribution in [1.82, 2.24) is 9.55 Å². The summed E-state index contributed by atoms with van der Waals surface area (Å²) < 4.78 is 2.25. The minimum atomic E-state index is 0.661. The largest absolute Gasteiger partial charge is 0.294 e. The van der Waals surface area contributed by atoms with Crippen LogP contribution in [0, 0.1) is 32.1 Å². The second-order valence-corrected chi connectivity index (χ2v) is 9.30. The van der Waals surface area contributed by atoms with E-state index in [-0.39, 0.29) is 0 Å². The molecule has 0 saturated heterocycles. The van der Waals surface area contributed by atoms with Crippen LogP contribution in [0.3, 0.4) is 0 Å². The number of para-hydroxylation sites is 1. The number of aromatic nitrogens is 2. The maximum atomic E-state index is 9.49. The zero-order valence-electron chi connectivity index (χ0n) is 20.6. The molecule has 2 aromatic heterocycles. The molecule has 0 atom stereocenters. The fourth-order valence-corrected chi connectivity index (χ4v) is 5.12. The summed E-state index contributed by atoms with van der Waals surface area (Å²) in [6, 6.07) is 35.7. The molecule has 0 spiro atoms. The second-order valence-electron chi connectivity index (χ2n) is 9.30. The Hall–Kier alpha value is -4.68. The highest BCUT2D eigenvalue weighted by Gasteiger charge is 2.19. The lowest BCUT2D eigenvalue weighted by Gasteiger charge is -2.18. The Kier molecular flexibility index (Phi) is 5.16. The van der Waals surface area contributed by atoms with Crippen LogP contribution in [-0.4, -0.2) is 9.55 Å². The normalized spacial score (nSPS) is 11.2. The van der Waals surface area contributed by atoms with Crippen molar-refractivity contribution in [2.75, 3.05) is 0 Å². The SMILES string of the molecule is Cc1c(-c2ccc(-c3ccccc3)cc2)nc(-n2c3ccccc3c3cc(C#N)ccc32)c(C)c1C. The first kappa shape index (κ1) is 21.8. The average molecular weight is 464 g/mol. The molecule has 0 aliphatic heterocycles. The molecule has 0 fully saturated rings. The first-order valence-corrected chi connectivity index (χ1v) is 12.1. The van der Waals surface area contributed by atoms with Crippen molar-refractivity contribution < 1.29 is 0 Å². The summed E-state index contributed by atoms with van der Waals surface area (Å²) >= 11 is 0. The number of hydrogen-bond donors (Lipinski definition) is 0. The molecule has 36 heavy (non-hydrogen) atoms. The third kappa shape index (κ3) is 3.39. The van der Waals surface area contributed by atoms with Crippen LogP contribution in [0.4, 0.5) is 0 Å². The number of rotatable bonds is 3. The molecule has 0 aliphatic carbocycles. The summed E-state index contributed by atoms with van der Waals surface area (Å²) in [4.78, 5) is 5.29. The van der Waals surface area contributed by atoms with Gasteiger partial charge in [0, 0.05) is 16.3 Å². The number of benzene rings is 4. The Morgan fingerprint density at radius 1 is 0.611 bits per heavy atom. The van der Waals surface area contributed by atoms with E-state index in [0.717, 1.165) is 44.4 Å². The van der Waals surface area contributed by atoms with Gasteiger partial charge in [-0.3, -0.25) is 4.57 Å². The van der Waals surface area contributed by atoms with Gasteiger partial charge in [-0.2, -0.15) is 5.26 Å². The minimum absolute atomic E-state index is 0.661. The summed E-state index contributed by atoms with van der Waals surface area (Å²) in [7, 11) is 0. The number of nitrogens with zero attached hydrogens (tertiary/aromatic N) is 3. The van der Waals surface area contributed by atoms with Crippen molar-refractivity contribution in [2.45, 2.75) is 20.8 Å². The van der Waals surface area contributed by atoms with E-state index < -0.39 is 0 Å². The van der Waals surface area contributed by atoms with E-state index in [1.54, 1.807) is 0 Å². The van der Waals surface area contributed by atoms with Crippen LogP contribution in [0.5, 0.6) is 0 Å².